The molecule has 1 atom stereocenters. The molecule has 2 aromatic rings. The van der Waals surface area contributed by atoms with Crippen molar-refractivity contribution in [1.29, 1.82) is 0 Å². The van der Waals surface area contributed by atoms with Gasteiger partial charge in [0, 0.05) is 33.5 Å². The van der Waals surface area contributed by atoms with Crippen molar-refractivity contribution in [3.05, 3.63) is 18.6 Å². The molecule has 2 aromatic heterocycles. The van der Waals surface area contributed by atoms with Crippen molar-refractivity contribution in [2.24, 2.45) is 0 Å². The first-order chi connectivity index (χ1) is 10.1. The van der Waals surface area contributed by atoms with E-state index >= 15 is 0 Å². The quantitative estimate of drug-likeness (QED) is 0.888. The lowest BCUT2D eigenvalue weighted by atomic mass is 10.1. The zero-order chi connectivity index (χ0) is 15.4. The second-order valence-corrected chi connectivity index (χ2v) is 5.99. The number of hydrogen-bond acceptors (Lipinski definition) is 5. The van der Waals surface area contributed by atoms with Crippen LogP contribution in [0.25, 0.3) is 10.7 Å². The maximum absolute atomic E-state index is 12.1. The molecule has 114 valence electrons. The summed E-state index contributed by atoms with van der Waals surface area (Å²) >= 11 is 1.57. The Hall–Kier alpha value is -1.89. The van der Waals surface area contributed by atoms with E-state index in [0.29, 0.717) is 0 Å². The number of imidazole rings is 1. The van der Waals surface area contributed by atoms with E-state index < -0.39 is 0 Å². The van der Waals surface area contributed by atoms with E-state index in [0.717, 1.165) is 28.7 Å². The Morgan fingerprint density at radius 1 is 1.48 bits per heavy atom. The van der Waals surface area contributed by atoms with Gasteiger partial charge in [0.2, 0.25) is 5.91 Å². The van der Waals surface area contributed by atoms with Crippen LogP contribution in [0, 0.1) is 0 Å². The zero-order valence-corrected chi connectivity index (χ0v) is 13.6. The molecule has 7 heteroatoms. The molecular formula is C14H21N5OS. The highest BCUT2D eigenvalue weighted by molar-refractivity contribution is 7.18. The summed E-state index contributed by atoms with van der Waals surface area (Å²) in [6.07, 6.45) is 7.12. The van der Waals surface area contributed by atoms with Crippen molar-refractivity contribution in [3.63, 3.8) is 0 Å². The van der Waals surface area contributed by atoms with E-state index in [1.165, 1.54) is 0 Å². The standard InChI is InChI=1S/C14H21N5OS/c1-5-6-10(13(20)15-2)19-8-7-16-12(19)11-9-17-14(21-11)18(3)4/h7-10H,5-6H2,1-4H3,(H,15,20)/t10-/m0/s1. The lowest BCUT2D eigenvalue weighted by Crippen LogP contribution is -2.29. The fourth-order valence-corrected chi connectivity index (χ4v) is 3.01. The molecule has 2 rings (SSSR count). The van der Waals surface area contributed by atoms with Crippen LogP contribution in [0.4, 0.5) is 5.13 Å². The lowest BCUT2D eigenvalue weighted by Gasteiger charge is -2.18. The molecule has 0 bridgehead atoms. The fraction of sp³-hybridized carbons (Fsp3) is 0.500. The lowest BCUT2D eigenvalue weighted by molar-refractivity contribution is -0.124. The molecule has 1 N–H and O–H groups in total. The molecule has 0 saturated carbocycles. The van der Waals surface area contributed by atoms with E-state index in [1.807, 2.05) is 36.0 Å². The maximum Gasteiger partial charge on any atom is 0.242 e. The second kappa shape index (κ2) is 6.71. The molecule has 1 amide bonds. The molecule has 0 unspecified atom stereocenters. The van der Waals surface area contributed by atoms with Gasteiger partial charge in [-0.3, -0.25) is 4.79 Å². The SMILES string of the molecule is CCC[C@@H](C(=O)NC)n1ccnc1-c1cnc(N(C)C)s1. The first-order valence-electron chi connectivity index (χ1n) is 6.96. The number of rotatable bonds is 6. The second-order valence-electron chi connectivity index (χ2n) is 4.98. The summed E-state index contributed by atoms with van der Waals surface area (Å²) in [7, 11) is 5.58. The van der Waals surface area contributed by atoms with Gasteiger partial charge < -0.3 is 14.8 Å². The Morgan fingerprint density at radius 3 is 2.81 bits per heavy atom. The van der Waals surface area contributed by atoms with Gasteiger partial charge in [-0.25, -0.2) is 9.97 Å². The number of aromatic nitrogens is 3. The van der Waals surface area contributed by atoms with Crippen molar-refractivity contribution in [1.82, 2.24) is 19.9 Å². The van der Waals surface area contributed by atoms with Crippen molar-refractivity contribution in [2.45, 2.75) is 25.8 Å². The van der Waals surface area contributed by atoms with Gasteiger partial charge in [-0.2, -0.15) is 0 Å². The maximum atomic E-state index is 12.1. The van der Waals surface area contributed by atoms with E-state index in [-0.39, 0.29) is 11.9 Å². The van der Waals surface area contributed by atoms with E-state index in [2.05, 4.69) is 22.2 Å². The minimum atomic E-state index is -0.234. The van der Waals surface area contributed by atoms with Crippen LogP contribution >= 0.6 is 11.3 Å². The van der Waals surface area contributed by atoms with Crippen molar-refractivity contribution in [3.8, 4) is 10.7 Å². The van der Waals surface area contributed by atoms with Crippen LogP contribution in [0.15, 0.2) is 18.6 Å². The summed E-state index contributed by atoms with van der Waals surface area (Å²) in [5.41, 5.74) is 0. The first kappa shape index (κ1) is 15.5. The van der Waals surface area contributed by atoms with Crippen LogP contribution in [0.3, 0.4) is 0 Å². The number of carbonyl (C=O) groups excluding carboxylic acids is 1. The number of hydrogen-bond donors (Lipinski definition) is 1. The van der Waals surface area contributed by atoms with Crippen LogP contribution < -0.4 is 10.2 Å². The molecule has 0 aliphatic heterocycles. The van der Waals surface area contributed by atoms with Gasteiger partial charge in [-0.15, -0.1) is 0 Å². The summed E-state index contributed by atoms with van der Waals surface area (Å²) in [4.78, 5) is 23.8. The van der Waals surface area contributed by atoms with Gasteiger partial charge in [0.05, 0.1) is 11.1 Å². The van der Waals surface area contributed by atoms with Crippen molar-refractivity contribution in [2.75, 3.05) is 26.0 Å². The third kappa shape index (κ3) is 3.24. The summed E-state index contributed by atoms with van der Waals surface area (Å²) < 4.78 is 1.94. The molecule has 0 aliphatic rings. The Morgan fingerprint density at radius 2 is 2.24 bits per heavy atom. The Balaban J connectivity index is 2.37. The average molecular weight is 307 g/mol. The molecule has 0 spiro atoms. The minimum Gasteiger partial charge on any atom is -0.357 e. The monoisotopic (exact) mass is 307 g/mol. The molecule has 0 aliphatic carbocycles. The Labute approximate surface area is 128 Å². The molecule has 0 aromatic carbocycles. The number of amides is 1. The predicted octanol–water partition coefficient (Wildman–Crippen LogP) is 2.16. The summed E-state index contributed by atoms with van der Waals surface area (Å²) in [5, 5.41) is 3.65. The highest BCUT2D eigenvalue weighted by Gasteiger charge is 2.22. The molecule has 0 saturated heterocycles. The molecule has 0 fully saturated rings. The third-order valence-corrected chi connectivity index (χ3v) is 4.37. The van der Waals surface area contributed by atoms with Gasteiger partial charge >= 0.3 is 0 Å². The summed E-state index contributed by atoms with van der Waals surface area (Å²) in [5.74, 6) is 0.802. The molecule has 2 heterocycles. The summed E-state index contributed by atoms with van der Waals surface area (Å²) in [6, 6.07) is -0.234. The first-order valence-corrected chi connectivity index (χ1v) is 7.78. The highest BCUT2D eigenvalue weighted by Crippen LogP contribution is 2.31. The Kier molecular flexibility index (Phi) is 4.95. The largest absolute Gasteiger partial charge is 0.357 e. The van der Waals surface area contributed by atoms with E-state index in [4.69, 9.17) is 0 Å². The number of nitrogens with zero attached hydrogens (tertiary/aromatic N) is 4. The van der Waals surface area contributed by atoms with Crippen LogP contribution in [0.2, 0.25) is 0 Å². The Bertz CT molecular complexity index is 604. The number of thiazole rings is 1. The van der Waals surface area contributed by atoms with E-state index in [1.54, 1.807) is 24.6 Å². The van der Waals surface area contributed by atoms with Crippen LogP contribution in [-0.2, 0) is 4.79 Å². The minimum absolute atomic E-state index is 0.00782. The van der Waals surface area contributed by atoms with Crippen LogP contribution in [0.1, 0.15) is 25.8 Å². The van der Waals surface area contributed by atoms with Crippen molar-refractivity contribution < 1.29 is 4.79 Å². The number of likely N-dealkylation sites (N-methyl/N-ethyl adjacent to an activating group) is 1. The topological polar surface area (TPSA) is 63.1 Å². The average Bonchev–Trinajstić information content (AvgIpc) is 3.11. The van der Waals surface area contributed by atoms with Gasteiger partial charge in [-0.1, -0.05) is 24.7 Å². The smallest absolute Gasteiger partial charge is 0.242 e. The molecule has 6 nitrogen and oxygen atoms in total. The fourth-order valence-electron chi connectivity index (χ4n) is 2.17. The third-order valence-electron chi connectivity index (χ3n) is 3.21. The molecule has 0 radical (unpaired) electrons. The zero-order valence-electron chi connectivity index (χ0n) is 12.8. The number of carbonyl (C=O) groups is 1. The van der Waals surface area contributed by atoms with Crippen LogP contribution in [-0.4, -0.2) is 41.6 Å². The summed E-state index contributed by atoms with van der Waals surface area (Å²) in [6.45, 7) is 2.07. The van der Waals surface area contributed by atoms with E-state index in [9.17, 15) is 4.79 Å². The number of anilines is 1. The molecular weight excluding hydrogens is 286 g/mol. The molecule has 21 heavy (non-hydrogen) atoms. The van der Waals surface area contributed by atoms with Gasteiger partial charge in [0.15, 0.2) is 11.0 Å². The van der Waals surface area contributed by atoms with Gasteiger partial charge in [0.1, 0.15) is 6.04 Å². The number of nitrogens with one attached hydrogen (secondary N) is 1. The highest BCUT2D eigenvalue weighted by atomic mass is 32.1. The van der Waals surface area contributed by atoms with Gasteiger partial charge in [0.25, 0.3) is 0 Å². The predicted molar refractivity (Wildman–Crippen MR) is 85.7 cm³/mol. The van der Waals surface area contributed by atoms with Crippen LogP contribution in [0.5, 0.6) is 0 Å². The van der Waals surface area contributed by atoms with Gasteiger partial charge in [-0.05, 0) is 6.42 Å². The van der Waals surface area contributed by atoms with Crippen molar-refractivity contribution >= 4 is 22.4 Å². The normalized spacial score (nSPS) is 12.2.